The zero-order valence-electron chi connectivity index (χ0n) is 9.22. The van der Waals surface area contributed by atoms with Crippen LogP contribution < -0.4 is 0 Å². The minimum Gasteiger partial charge on any atom is -0.336 e. The minimum absolute atomic E-state index is 0.151. The Morgan fingerprint density at radius 3 is 2.71 bits per heavy atom. The van der Waals surface area contributed by atoms with E-state index in [9.17, 15) is 4.79 Å². The summed E-state index contributed by atoms with van der Waals surface area (Å²) in [5.41, 5.74) is 1.39. The van der Waals surface area contributed by atoms with Crippen molar-refractivity contribution in [2.24, 2.45) is 0 Å². The van der Waals surface area contributed by atoms with Crippen molar-refractivity contribution in [2.75, 3.05) is 7.05 Å². The number of rotatable bonds is 3. The molecule has 2 rings (SSSR count). The molecule has 88 valence electrons. The van der Waals surface area contributed by atoms with Crippen LogP contribution in [0.5, 0.6) is 0 Å². The van der Waals surface area contributed by atoms with Crippen LogP contribution in [0.1, 0.15) is 16.1 Å². The van der Waals surface area contributed by atoms with Crippen LogP contribution in [0.15, 0.2) is 34.9 Å². The maximum Gasteiger partial charge on any atom is 0.276 e. The Balaban J connectivity index is 2.04. The molecular weight excluding hydrogens is 284 g/mol. The Morgan fingerprint density at radius 2 is 2.12 bits per heavy atom. The molecule has 1 heterocycles. The number of carbonyl (C=O) groups is 1. The molecule has 1 aromatic carbocycles. The van der Waals surface area contributed by atoms with E-state index in [1.54, 1.807) is 11.9 Å². The van der Waals surface area contributed by atoms with E-state index in [0.29, 0.717) is 12.2 Å². The van der Waals surface area contributed by atoms with Crippen molar-refractivity contribution in [1.82, 2.24) is 20.3 Å². The third-order valence-corrected chi connectivity index (χ3v) is 2.84. The van der Waals surface area contributed by atoms with Gasteiger partial charge in [0.2, 0.25) is 0 Å². The maximum atomic E-state index is 11.9. The van der Waals surface area contributed by atoms with Gasteiger partial charge in [-0.25, -0.2) is 0 Å². The summed E-state index contributed by atoms with van der Waals surface area (Å²) in [6.07, 6.45) is 1.42. The van der Waals surface area contributed by atoms with E-state index in [4.69, 9.17) is 0 Å². The standard InChI is InChI=1S/C11H11BrN4O/c1-16(11(17)10-6-13-15-14-10)7-8-2-4-9(12)5-3-8/h2-6H,7H2,1H3,(H,13,14,15). The SMILES string of the molecule is CN(Cc1ccc(Br)cc1)C(=O)c1cn[nH]n1. The van der Waals surface area contributed by atoms with Gasteiger partial charge in [-0.3, -0.25) is 4.79 Å². The lowest BCUT2D eigenvalue weighted by Gasteiger charge is -2.15. The van der Waals surface area contributed by atoms with E-state index < -0.39 is 0 Å². The fourth-order valence-corrected chi connectivity index (χ4v) is 1.70. The Labute approximate surface area is 107 Å². The van der Waals surface area contributed by atoms with Gasteiger partial charge < -0.3 is 4.90 Å². The molecule has 0 radical (unpaired) electrons. The molecule has 1 amide bonds. The second-order valence-electron chi connectivity index (χ2n) is 3.64. The van der Waals surface area contributed by atoms with Crippen molar-refractivity contribution >= 4 is 21.8 Å². The van der Waals surface area contributed by atoms with Crippen LogP contribution in [-0.4, -0.2) is 33.3 Å². The maximum absolute atomic E-state index is 11.9. The van der Waals surface area contributed by atoms with Gasteiger partial charge in [0.25, 0.3) is 5.91 Å². The largest absolute Gasteiger partial charge is 0.336 e. The first-order chi connectivity index (χ1) is 8.16. The second-order valence-corrected chi connectivity index (χ2v) is 4.56. The molecule has 0 saturated carbocycles. The average Bonchev–Trinajstić information content (AvgIpc) is 2.84. The summed E-state index contributed by atoms with van der Waals surface area (Å²) in [5, 5.41) is 9.80. The summed E-state index contributed by atoms with van der Waals surface area (Å²) < 4.78 is 1.02. The number of benzene rings is 1. The highest BCUT2D eigenvalue weighted by Crippen LogP contribution is 2.12. The third kappa shape index (κ3) is 2.91. The zero-order valence-corrected chi connectivity index (χ0v) is 10.8. The van der Waals surface area contributed by atoms with Gasteiger partial charge in [-0.2, -0.15) is 15.4 Å². The lowest BCUT2D eigenvalue weighted by atomic mass is 10.2. The third-order valence-electron chi connectivity index (χ3n) is 2.31. The number of aromatic nitrogens is 3. The van der Waals surface area contributed by atoms with Crippen molar-refractivity contribution in [1.29, 1.82) is 0 Å². The summed E-state index contributed by atoms with van der Waals surface area (Å²) in [4.78, 5) is 13.5. The predicted octanol–water partition coefficient (Wildman–Crippen LogP) is 1.84. The zero-order chi connectivity index (χ0) is 12.3. The number of amides is 1. The number of halogens is 1. The van der Waals surface area contributed by atoms with E-state index in [1.165, 1.54) is 6.20 Å². The summed E-state index contributed by atoms with van der Waals surface area (Å²) >= 11 is 3.37. The van der Waals surface area contributed by atoms with Gasteiger partial charge in [0.05, 0.1) is 6.20 Å². The normalized spacial score (nSPS) is 10.2. The number of aromatic amines is 1. The van der Waals surface area contributed by atoms with Gasteiger partial charge >= 0.3 is 0 Å². The fraction of sp³-hybridized carbons (Fsp3) is 0.182. The van der Waals surface area contributed by atoms with Crippen LogP contribution in [0.3, 0.4) is 0 Å². The molecule has 0 bridgehead atoms. The highest BCUT2D eigenvalue weighted by Gasteiger charge is 2.14. The van der Waals surface area contributed by atoms with E-state index >= 15 is 0 Å². The van der Waals surface area contributed by atoms with Crippen LogP contribution in [-0.2, 0) is 6.54 Å². The van der Waals surface area contributed by atoms with Crippen LogP contribution >= 0.6 is 15.9 Å². The summed E-state index contributed by atoms with van der Waals surface area (Å²) in [5.74, 6) is -0.151. The Hall–Kier alpha value is -1.69. The second kappa shape index (κ2) is 5.09. The Bertz CT molecular complexity index is 495. The fourth-order valence-electron chi connectivity index (χ4n) is 1.44. The van der Waals surface area contributed by atoms with Gasteiger partial charge in [0, 0.05) is 18.1 Å². The van der Waals surface area contributed by atoms with E-state index in [1.807, 2.05) is 24.3 Å². The molecule has 0 aliphatic carbocycles. The van der Waals surface area contributed by atoms with Gasteiger partial charge in [0.1, 0.15) is 0 Å². The number of hydrogen-bond donors (Lipinski definition) is 1. The molecule has 0 fully saturated rings. The van der Waals surface area contributed by atoms with Crippen LogP contribution in [0, 0.1) is 0 Å². The number of nitrogens with one attached hydrogen (secondary N) is 1. The highest BCUT2D eigenvalue weighted by molar-refractivity contribution is 9.10. The molecule has 1 N–H and O–H groups in total. The van der Waals surface area contributed by atoms with Crippen molar-refractivity contribution in [3.63, 3.8) is 0 Å². The Kier molecular flexibility index (Phi) is 3.53. The first-order valence-corrected chi connectivity index (χ1v) is 5.82. The molecule has 5 nitrogen and oxygen atoms in total. The molecule has 1 aromatic heterocycles. The van der Waals surface area contributed by atoms with Crippen LogP contribution in [0.2, 0.25) is 0 Å². The first kappa shape index (κ1) is 11.8. The number of hydrogen-bond acceptors (Lipinski definition) is 3. The smallest absolute Gasteiger partial charge is 0.276 e. The molecule has 2 aromatic rings. The lowest BCUT2D eigenvalue weighted by molar-refractivity contribution is 0.0779. The van der Waals surface area contributed by atoms with Crippen LogP contribution in [0.4, 0.5) is 0 Å². The first-order valence-electron chi connectivity index (χ1n) is 5.02. The van der Waals surface area contributed by atoms with E-state index in [2.05, 4.69) is 31.3 Å². The van der Waals surface area contributed by atoms with Gasteiger partial charge in [-0.1, -0.05) is 28.1 Å². The highest BCUT2D eigenvalue weighted by atomic mass is 79.9. The molecule has 17 heavy (non-hydrogen) atoms. The topological polar surface area (TPSA) is 61.9 Å². The van der Waals surface area contributed by atoms with Crippen molar-refractivity contribution in [3.8, 4) is 0 Å². The number of carbonyl (C=O) groups excluding carboxylic acids is 1. The van der Waals surface area contributed by atoms with Crippen molar-refractivity contribution in [3.05, 3.63) is 46.2 Å². The number of nitrogens with zero attached hydrogens (tertiary/aromatic N) is 3. The van der Waals surface area contributed by atoms with Crippen molar-refractivity contribution < 1.29 is 4.79 Å². The summed E-state index contributed by atoms with van der Waals surface area (Å²) in [7, 11) is 1.74. The van der Waals surface area contributed by atoms with Gasteiger partial charge in [-0.05, 0) is 17.7 Å². The molecule has 0 aliphatic heterocycles. The van der Waals surface area contributed by atoms with Crippen LogP contribution in [0.25, 0.3) is 0 Å². The van der Waals surface area contributed by atoms with E-state index in [0.717, 1.165) is 10.0 Å². The average molecular weight is 295 g/mol. The quantitative estimate of drug-likeness (QED) is 0.940. The monoisotopic (exact) mass is 294 g/mol. The summed E-state index contributed by atoms with van der Waals surface area (Å²) in [6, 6.07) is 7.83. The minimum atomic E-state index is -0.151. The molecular formula is C11H11BrN4O. The lowest BCUT2D eigenvalue weighted by Crippen LogP contribution is -2.26. The summed E-state index contributed by atoms with van der Waals surface area (Å²) in [6.45, 7) is 0.541. The van der Waals surface area contributed by atoms with Crippen molar-refractivity contribution in [2.45, 2.75) is 6.54 Å². The van der Waals surface area contributed by atoms with E-state index in [-0.39, 0.29) is 5.91 Å². The molecule has 6 heteroatoms. The predicted molar refractivity (Wildman–Crippen MR) is 66.3 cm³/mol. The van der Waals surface area contributed by atoms with Gasteiger partial charge in [-0.15, -0.1) is 0 Å². The van der Waals surface area contributed by atoms with Gasteiger partial charge in [0.15, 0.2) is 5.69 Å². The molecule has 0 aliphatic rings. The molecule has 0 spiro atoms. The number of H-pyrrole nitrogens is 1. The molecule has 0 saturated heterocycles. The molecule has 0 unspecified atom stereocenters. The Morgan fingerprint density at radius 1 is 1.41 bits per heavy atom. The molecule has 0 atom stereocenters.